The van der Waals surface area contributed by atoms with E-state index in [1.807, 2.05) is 0 Å². The van der Waals surface area contributed by atoms with Crippen molar-refractivity contribution in [2.75, 3.05) is 6.16 Å². The molecule has 0 saturated carbocycles. The normalized spacial score (nSPS) is 19.1. The van der Waals surface area contributed by atoms with Crippen LogP contribution in [0.3, 0.4) is 0 Å². The second-order valence-electron chi connectivity index (χ2n) is 7.65. The van der Waals surface area contributed by atoms with Gasteiger partial charge in [-0.15, -0.1) is 0 Å². The van der Waals surface area contributed by atoms with E-state index in [0.29, 0.717) is 0 Å². The van der Waals surface area contributed by atoms with Gasteiger partial charge in [-0.25, -0.2) is 0 Å². The van der Waals surface area contributed by atoms with Crippen molar-refractivity contribution in [3.8, 4) is 0 Å². The molecule has 0 N–H and O–H groups in total. The zero-order valence-electron chi connectivity index (χ0n) is 16.9. The molecule has 1 unspecified atom stereocenters. The van der Waals surface area contributed by atoms with Crippen LogP contribution in [0.4, 0.5) is 5.69 Å². The molecule has 0 aromatic heterocycles. The number of rotatable bonds is 4. The van der Waals surface area contributed by atoms with Crippen molar-refractivity contribution < 1.29 is 0 Å². The van der Waals surface area contributed by atoms with E-state index >= 15 is 0 Å². The third-order valence-corrected chi connectivity index (χ3v) is 8.53. The Balaban J connectivity index is 1.77. The van der Waals surface area contributed by atoms with Gasteiger partial charge in [0.15, 0.2) is 0 Å². The fraction of sp³-hybridized carbons (Fsp3) is 0.107. The summed E-state index contributed by atoms with van der Waals surface area (Å²) >= 11 is 0. The maximum Gasteiger partial charge on any atom is 0.0634 e. The van der Waals surface area contributed by atoms with E-state index in [0.717, 1.165) is 18.3 Å². The van der Waals surface area contributed by atoms with Gasteiger partial charge in [-0.1, -0.05) is 109 Å². The first-order valence-electron chi connectivity index (χ1n) is 10.5. The van der Waals surface area contributed by atoms with E-state index in [2.05, 4.69) is 121 Å². The third-order valence-electron chi connectivity index (χ3n) is 5.94. The Morgan fingerprint density at radius 2 is 1.03 bits per heavy atom. The highest BCUT2D eigenvalue weighted by Gasteiger charge is 2.48. The summed E-state index contributed by atoms with van der Waals surface area (Å²) in [5.74, 6) is 0. The fourth-order valence-electron chi connectivity index (χ4n) is 4.53. The van der Waals surface area contributed by atoms with Crippen molar-refractivity contribution in [2.45, 2.75) is 11.8 Å². The van der Waals surface area contributed by atoms with E-state index in [9.17, 15) is 0 Å². The summed E-state index contributed by atoms with van der Waals surface area (Å²) in [7, 11) is -0.512. The van der Waals surface area contributed by atoms with Crippen molar-refractivity contribution in [3.63, 3.8) is 0 Å². The van der Waals surface area contributed by atoms with Gasteiger partial charge < -0.3 is 0 Å². The van der Waals surface area contributed by atoms with Gasteiger partial charge in [0, 0.05) is 0 Å². The lowest BCUT2D eigenvalue weighted by Gasteiger charge is -2.32. The van der Waals surface area contributed by atoms with Crippen LogP contribution in [0.5, 0.6) is 0 Å². The van der Waals surface area contributed by atoms with Crippen LogP contribution in [-0.4, -0.2) is 11.6 Å². The summed E-state index contributed by atoms with van der Waals surface area (Å²) < 4.78 is 0. The molecule has 1 atom stereocenters. The van der Waals surface area contributed by atoms with E-state index in [1.54, 1.807) is 0 Å². The van der Waals surface area contributed by atoms with E-state index in [4.69, 9.17) is 4.99 Å². The Morgan fingerprint density at radius 3 is 1.57 bits per heavy atom. The summed E-state index contributed by atoms with van der Waals surface area (Å²) in [5, 5.41) is 1.41. The van der Waals surface area contributed by atoms with Crippen molar-refractivity contribution in [3.05, 3.63) is 132 Å². The van der Waals surface area contributed by atoms with Crippen LogP contribution in [0.15, 0.2) is 126 Å². The lowest BCUT2D eigenvalue weighted by molar-refractivity contribution is 0.687. The fourth-order valence-corrected chi connectivity index (χ4v) is 7.40. The quantitative estimate of drug-likeness (QED) is 0.327. The smallest absolute Gasteiger partial charge is 0.0634 e. The van der Waals surface area contributed by atoms with Crippen LogP contribution < -0.4 is 5.30 Å². The summed E-state index contributed by atoms with van der Waals surface area (Å²) in [6.45, 7) is 0. The Kier molecular flexibility index (Phi) is 5.30. The Morgan fingerprint density at radius 1 is 0.567 bits per heavy atom. The first-order chi connectivity index (χ1) is 14.9. The maximum absolute atomic E-state index is 5.37. The number of nitrogens with zero attached hydrogens (tertiary/aromatic N) is 1. The van der Waals surface area contributed by atoms with E-state index < -0.39 is 7.92 Å². The molecule has 4 aromatic carbocycles. The molecule has 1 heterocycles. The summed E-state index contributed by atoms with van der Waals surface area (Å²) in [6, 6.07) is 43.3. The molecule has 1 nitrogen and oxygen atoms in total. The van der Waals surface area contributed by atoms with Crippen LogP contribution in [0.2, 0.25) is 0 Å². The molecule has 0 spiro atoms. The minimum Gasteiger partial charge on any atom is -0.251 e. The number of hydrogen-bond acceptors (Lipinski definition) is 1. The molecular formula is C28H24NP. The minimum absolute atomic E-state index is 0.195. The second kappa shape index (κ2) is 8.38. The molecule has 1 saturated heterocycles. The highest BCUT2D eigenvalue weighted by atomic mass is 31.1. The van der Waals surface area contributed by atoms with E-state index in [-0.39, 0.29) is 5.41 Å². The van der Waals surface area contributed by atoms with Gasteiger partial charge in [0.05, 0.1) is 16.6 Å². The average molecular weight is 405 g/mol. The van der Waals surface area contributed by atoms with Crippen LogP contribution in [0.25, 0.3) is 0 Å². The number of para-hydroxylation sites is 1. The van der Waals surface area contributed by atoms with Gasteiger partial charge in [-0.2, -0.15) is 0 Å². The molecule has 5 rings (SSSR count). The van der Waals surface area contributed by atoms with Crippen molar-refractivity contribution in [1.29, 1.82) is 0 Å². The predicted octanol–water partition coefficient (Wildman–Crippen LogP) is 6.91. The van der Waals surface area contributed by atoms with E-state index in [1.165, 1.54) is 21.9 Å². The first-order valence-corrected chi connectivity index (χ1v) is 12.0. The molecule has 30 heavy (non-hydrogen) atoms. The van der Waals surface area contributed by atoms with Gasteiger partial charge in [0.1, 0.15) is 0 Å². The highest BCUT2D eigenvalue weighted by Crippen LogP contribution is 2.58. The van der Waals surface area contributed by atoms with Crippen LogP contribution in [0.1, 0.15) is 17.5 Å². The summed E-state index contributed by atoms with van der Waals surface area (Å²) in [5.41, 5.74) is 4.83. The van der Waals surface area contributed by atoms with Gasteiger partial charge in [0.2, 0.25) is 0 Å². The Labute approximate surface area is 179 Å². The lowest BCUT2D eigenvalue weighted by Crippen LogP contribution is -2.32. The highest BCUT2D eigenvalue weighted by molar-refractivity contribution is 7.82. The summed E-state index contributed by atoms with van der Waals surface area (Å²) in [4.78, 5) is 5.37. The van der Waals surface area contributed by atoms with Crippen molar-refractivity contribution >= 4 is 24.4 Å². The van der Waals surface area contributed by atoms with Crippen LogP contribution >= 0.6 is 7.92 Å². The number of hydrogen-bond donors (Lipinski definition) is 0. The zero-order chi connectivity index (χ0) is 20.2. The molecule has 0 aliphatic carbocycles. The topological polar surface area (TPSA) is 12.4 Å². The lowest BCUT2D eigenvalue weighted by atomic mass is 9.73. The zero-order valence-corrected chi connectivity index (χ0v) is 17.8. The van der Waals surface area contributed by atoms with Crippen molar-refractivity contribution in [1.82, 2.24) is 0 Å². The molecule has 4 aromatic rings. The molecule has 0 radical (unpaired) electrons. The molecule has 0 bridgehead atoms. The van der Waals surface area contributed by atoms with Gasteiger partial charge in [-0.3, -0.25) is 4.99 Å². The van der Waals surface area contributed by atoms with Crippen molar-refractivity contribution in [2.24, 2.45) is 4.99 Å². The molecule has 0 amide bonds. The van der Waals surface area contributed by atoms with Gasteiger partial charge >= 0.3 is 0 Å². The molecule has 1 fully saturated rings. The minimum atomic E-state index is -0.512. The second-order valence-corrected chi connectivity index (χ2v) is 9.89. The number of aliphatic imine (C=N–C) groups is 1. The molecule has 2 heteroatoms. The van der Waals surface area contributed by atoms with Crippen LogP contribution in [-0.2, 0) is 5.41 Å². The number of benzene rings is 4. The third kappa shape index (κ3) is 3.40. The standard InChI is InChI=1S/C28H24NP/c1-5-13-23(14-6-1)28(24-15-7-2-8-16-24)21-22-30(26-19-11-4-12-20-26)27(28)29-25-17-9-3-10-18-25/h1-20H,21-22H2. The predicted molar refractivity (Wildman–Crippen MR) is 130 cm³/mol. The van der Waals surface area contributed by atoms with Gasteiger partial charge in [0.25, 0.3) is 0 Å². The Hall–Kier alpha value is -3.02. The average Bonchev–Trinajstić information content (AvgIpc) is 3.21. The maximum atomic E-state index is 5.37. The SMILES string of the molecule is c1ccc(N=C2P(c3ccccc3)CCC2(c2ccccc2)c2ccccc2)cc1. The molecule has 1 aliphatic rings. The largest absolute Gasteiger partial charge is 0.251 e. The summed E-state index contributed by atoms with van der Waals surface area (Å²) in [6.07, 6.45) is 2.22. The Bertz CT molecular complexity index is 1080. The monoisotopic (exact) mass is 405 g/mol. The molecule has 1 aliphatic heterocycles. The van der Waals surface area contributed by atoms with Gasteiger partial charge in [-0.05, 0) is 49.1 Å². The molecular weight excluding hydrogens is 381 g/mol. The molecule has 146 valence electrons. The first kappa shape index (κ1) is 19.0. The van der Waals surface area contributed by atoms with Crippen LogP contribution in [0, 0.1) is 0 Å².